The SMILES string of the molecule is CS(=O)(=O)Nc1ccc(NC(=O)Cc2ccc(Br)cc2)cc1. The second-order valence-electron chi connectivity index (χ2n) is 4.80. The fourth-order valence-corrected chi connectivity index (χ4v) is 2.66. The molecule has 2 rings (SSSR count). The lowest BCUT2D eigenvalue weighted by Gasteiger charge is -2.07. The van der Waals surface area contributed by atoms with E-state index in [9.17, 15) is 13.2 Å². The Labute approximate surface area is 137 Å². The molecule has 0 saturated carbocycles. The summed E-state index contributed by atoms with van der Waals surface area (Å²) in [6.07, 6.45) is 1.36. The standard InChI is InChI=1S/C15H15BrN2O3S/c1-22(20,21)18-14-8-6-13(7-9-14)17-15(19)10-11-2-4-12(16)5-3-11/h2-9,18H,10H2,1H3,(H,17,19). The zero-order chi connectivity index (χ0) is 16.2. The van der Waals surface area contributed by atoms with E-state index in [0.717, 1.165) is 16.3 Å². The molecule has 0 spiro atoms. The Morgan fingerprint density at radius 2 is 1.55 bits per heavy atom. The van der Waals surface area contributed by atoms with Gasteiger partial charge in [-0.3, -0.25) is 9.52 Å². The Morgan fingerprint density at radius 1 is 1.00 bits per heavy atom. The Bertz CT molecular complexity index is 756. The fourth-order valence-electron chi connectivity index (χ4n) is 1.83. The van der Waals surface area contributed by atoms with E-state index in [0.29, 0.717) is 11.4 Å². The second kappa shape index (κ2) is 6.93. The summed E-state index contributed by atoms with van der Waals surface area (Å²) in [5.74, 6) is -0.133. The van der Waals surface area contributed by atoms with Crippen molar-refractivity contribution in [3.05, 3.63) is 58.6 Å². The summed E-state index contributed by atoms with van der Waals surface area (Å²) in [6.45, 7) is 0. The van der Waals surface area contributed by atoms with Crippen LogP contribution in [0.1, 0.15) is 5.56 Å². The van der Waals surface area contributed by atoms with Crippen molar-refractivity contribution in [2.24, 2.45) is 0 Å². The molecule has 2 aromatic rings. The topological polar surface area (TPSA) is 75.3 Å². The van der Waals surface area contributed by atoms with Crippen LogP contribution in [0.25, 0.3) is 0 Å². The van der Waals surface area contributed by atoms with Gasteiger partial charge in [-0.1, -0.05) is 28.1 Å². The minimum atomic E-state index is -3.30. The van der Waals surface area contributed by atoms with E-state index >= 15 is 0 Å². The highest BCUT2D eigenvalue weighted by molar-refractivity contribution is 9.10. The summed E-state index contributed by atoms with van der Waals surface area (Å²) in [6, 6.07) is 14.0. The largest absolute Gasteiger partial charge is 0.326 e. The summed E-state index contributed by atoms with van der Waals surface area (Å²) in [5.41, 5.74) is 1.98. The van der Waals surface area contributed by atoms with Crippen LogP contribution >= 0.6 is 15.9 Å². The first kappa shape index (κ1) is 16.5. The van der Waals surface area contributed by atoms with Gasteiger partial charge < -0.3 is 5.32 Å². The summed E-state index contributed by atoms with van der Waals surface area (Å²) in [7, 11) is -3.30. The van der Waals surface area contributed by atoms with E-state index in [4.69, 9.17) is 0 Å². The quantitative estimate of drug-likeness (QED) is 0.834. The summed E-state index contributed by atoms with van der Waals surface area (Å²) < 4.78 is 25.5. The number of hydrogen-bond donors (Lipinski definition) is 2. The van der Waals surface area contributed by atoms with E-state index in [1.807, 2.05) is 24.3 Å². The Balaban J connectivity index is 1.95. The van der Waals surface area contributed by atoms with Crippen LogP contribution in [0.2, 0.25) is 0 Å². The molecule has 0 radical (unpaired) electrons. The lowest BCUT2D eigenvalue weighted by Crippen LogP contribution is -2.14. The van der Waals surface area contributed by atoms with Crippen LogP contribution in [0.15, 0.2) is 53.0 Å². The van der Waals surface area contributed by atoms with Crippen LogP contribution in [0.3, 0.4) is 0 Å². The van der Waals surface area contributed by atoms with Crippen LogP contribution in [0.5, 0.6) is 0 Å². The molecule has 0 unspecified atom stereocenters. The summed E-state index contributed by atoms with van der Waals surface area (Å²) in [4.78, 5) is 11.9. The molecule has 0 fully saturated rings. The number of carbonyl (C=O) groups excluding carboxylic acids is 1. The maximum absolute atomic E-state index is 11.9. The summed E-state index contributed by atoms with van der Waals surface area (Å²) >= 11 is 3.34. The highest BCUT2D eigenvalue weighted by Crippen LogP contribution is 2.15. The van der Waals surface area contributed by atoms with Gasteiger partial charge in [0.25, 0.3) is 0 Å². The molecule has 22 heavy (non-hydrogen) atoms. The molecule has 0 bridgehead atoms. The molecule has 2 aromatic carbocycles. The molecule has 2 N–H and O–H groups in total. The van der Waals surface area contributed by atoms with Crippen molar-refractivity contribution < 1.29 is 13.2 Å². The maximum Gasteiger partial charge on any atom is 0.229 e. The van der Waals surface area contributed by atoms with Gasteiger partial charge in [0.2, 0.25) is 15.9 Å². The van der Waals surface area contributed by atoms with Gasteiger partial charge in [0.05, 0.1) is 12.7 Å². The maximum atomic E-state index is 11.9. The van der Waals surface area contributed by atoms with Crippen molar-refractivity contribution in [1.29, 1.82) is 0 Å². The number of sulfonamides is 1. The number of nitrogens with one attached hydrogen (secondary N) is 2. The monoisotopic (exact) mass is 382 g/mol. The Morgan fingerprint density at radius 3 is 2.09 bits per heavy atom. The van der Waals surface area contributed by atoms with Gasteiger partial charge in [0.1, 0.15) is 0 Å². The average molecular weight is 383 g/mol. The van der Waals surface area contributed by atoms with Crippen molar-refractivity contribution in [3.8, 4) is 0 Å². The molecule has 1 amide bonds. The van der Waals surface area contributed by atoms with Gasteiger partial charge >= 0.3 is 0 Å². The lowest BCUT2D eigenvalue weighted by atomic mass is 10.1. The molecular formula is C15H15BrN2O3S. The van der Waals surface area contributed by atoms with Gasteiger partial charge in [0, 0.05) is 15.8 Å². The third-order valence-corrected chi connectivity index (χ3v) is 3.89. The molecule has 0 saturated heterocycles. The van der Waals surface area contributed by atoms with Crippen molar-refractivity contribution >= 4 is 43.2 Å². The van der Waals surface area contributed by atoms with E-state index in [1.165, 1.54) is 0 Å². The van der Waals surface area contributed by atoms with Crippen LogP contribution in [0.4, 0.5) is 11.4 Å². The molecule has 0 aliphatic rings. The molecule has 0 aliphatic carbocycles. The molecule has 0 heterocycles. The smallest absolute Gasteiger partial charge is 0.229 e. The van der Waals surface area contributed by atoms with Gasteiger partial charge in [-0.15, -0.1) is 0 Å². The predicted molar refractivity (Wildman–Crippen MR) is 91.4 cm³/mol. The van der Waals surface area contributed by atoms with Crippen molar-refractivity contribution in [1.82, 2.24) is 0 Å². The van der Waals surface area contributed by atoms with Crippen molar-refractivity contribution in [3.63, 3.8) is 0 Å². The number of anilines is 2. The van der Waals surface area contributed by atoms with Crippen LogP contribution < -0.4 is 10.0 Å². The highest BCUT2D eigenvalue weighted by atomic mass is 79.9. The molecule has 0 aromatic heterocycles. The lowest BCUT2D eigenvalue weighted by molar-refractivity contribution is -0.115. The van der Waals surface area contributed by atoms with E-state index in [-0.39, 0.29) is 12.3 Å². The Hall–Kier alpha value is -1.86. The minimum absolute atomic E-state index is 0.133. The zero-order valence-electron chi connectivity index (χ0n) is 11.8. The zero-order valence-corrected chi connectivity index (χ0v) is 14.2. The number of hydrogen-bond acceptors (Lipinski definition) is 3. The number of rotatable bonds is 5. The Kier molecular flexibility index (Phi) is 5.20. The molecule has 5 nitrogen and oxygen atoms in total. The first-order valence-corrected chi connectivity index (χ1v) is 9.12. The number of halogens is 1. The number of amides is 1. The predicted octanol–water partition coefficient (Wildman–Crippen LogP) is 3.00. The first-order valence-electron chi connectivity index (χ1n) is 6.44. The van der Waals surface area contributed by atoms with Crippen LogP contribution in [0, 0.1) is 0 Å². The normalized spacial score (nSPS) is 11.0. The molecule has 0 atom stereocenters. The van der Waals surface area contributed by atoms with Crippen molar-refractivity contribution in [2.75, 3.05) is 16.3 Å². The molecular weight excluding hydrogens is 368 g/mol. The molecule has 116 valence electrons. The first-order chi connectivity index (χ1) is 10.3. The highest BCUT2D eigenvalue weighted by Gasteiger charge is 2.05. The van der Waals surface area contributed by atoms with E-state index < -0.39 is 10.0 Å². The number of carbonyl (C=O) groups is 1. The molecule has 7 heteroatoms. The van der Waals surface area contributed by atoms with Gasteiger partial charge in [-0.2, -0.15) is 0 Å². The van der Waals surface area contributed by atoms with E-state index in [2.05, 4.69) is 26.0 Å². The number of benzene rings is 2. The fraction of sp³-hybridized carbons (Fsp3) is 0.133. The van der Waals surface area contributed by atoms with E-state index in [1.54, 1.807) is 24.3 Å². The third kappa shape index (κ3) is 5.50. The van der Waals surface area contributed by atoms with Gasteiger partial charge in [-0.25, -0.2) is 8.42 Å². The van der Waals surface area contributed by atoms with Gasteiger partial charge in [-0.05, 0) is 42.0 Å². The van der Waals surface area contributed by atoms with Crippen LogP contribution in [-0.2, 0) is 21.2 Å². The van der Waals surface area contributed by atoms with Gasteiger partial charge in [0.15, 0.2) is 0 Å². The summed E-state index contributed by atoms with van der Waals surface area (Å²) in [5, 5.41) is 2.77. The molecule has 0 aliphatic heterocycles. The second-order valence-corrected chi connectivity index (χ2v) is 7.47. The van der Waals surface area contributed by atoms with Crippen LogP contribution in [-0.4, -0.2) is 20.6 Å². The minimum Gasteiger partial charge on any atom is -0.326 e. The average Bonchev–Trinajstić information content (AvgIpc) is 2.42. The van der Waals surface area contributed by atoms with Crippen molar-refractivity contribution in [2.45, 2.75) is 6.42 Å². The third-order valence-electron chi connectivity index (χ3n) is 2.75.